The Morgan fingerprint density at radius 1 is 1.50 bits per heavy atom. The molecule has 1 unspecified atom stereocenters. The molecule has 0 radical (unpaired) electrons. The van der Waals surface area contributed by atoms with Crippen LogP contribution in [0.1, 0.15) is 17.2 Å². The fourth-order valence-corrected chi connectivity index (χ4v) is 1.74. The number of benzene rings is 1. The van der Waals surface area contributed by atoms with E-state index in [1.165, 1.54) is 5.56 Å². The second-order valence-corrected chi connectivity index (χ2v) is 3.31. The van der Waals surface area contributed by atoms with Gasteiger partial charge < -0.3 is 10.1 Å². The summed E-state index contributed by atoms with van der Waals surface area (Å²) in [6, 6.07) is 7.93. The van der Waals surface area contributed by atoms with Gasteiger partial charge in [0.15, 0.2) is 6.10 Å². The van der Waals surface area contributed by atoms with Crippen molar-refractivity contribution in [3.8, 4) is 0 Å². The average Bonchev–Trinajstić information content (AvgIpc) is 2.27. The Labute approximate surface area is 83.1 Å². The van der Waals surface area contributed by atoms with Crippen LogP contribution in [-0.4, -0.2) is 19.6 Å². The SMILES string of the molecule is CNC(=O)C1OCCc2ccccc21. The Kier molecular flexibility index (Phi) is 2.50. The minimum atomic E-state index is -0.426. The minimum Gasteiger partial charge on any atom is -0.363 e. The number of nitrogens with one attached hydrogen (secondary N) is 1. The van der Waals surface area contributed by atoms with Crippen molar-refractivity contribution in [1.82, 2.24) is 5.32 Å². The second-order valence-electron chi connectivity index (χ2n) is 3.31. The molecule has 14 heavy (non-hydrogen) atoms. The van der Waals surface area contributed by atoms with Gasteiger partial charge >= 0.3 is 0 Å². The van der Waals surface area contributed by atoms with E-state index in [1.54, 1.807) is 7.05 Å². The van der Waals surface area contributed by atoms with Crippen molar-refractivity contribution in [3.63, 3.8) is 0 Å². The lowest BCUT2D eigenvalue weighted by Crippen LogP contribution is -2.31. The number of carbonyl (C=O) groups excluding carboxylic acids is 1. The van der Waals surface area contributed by atoms with E-state index < -0.39 is 6.10 Å². The lowest BCUT2D eigenvalue weighted by molar-refractivity contribution is -0.133. The van der Waals surface area contributed by atoms with Crippen molar-refractivity contribution in [2.75, 3.05) is 13.7 Å². The van der Waals surface area contributed by atoms with Gasteiger partial charge in [-0.25, -0.2) is 0 Å². The molecule has 1 N–H and O–H groups in total. The summed E-state index contributed by atoms with van der Waals surface area (Å²) < 4.78 is 5.45. The van der Waals surface area contributed by atoms with Crippen molar-refractivity contribution in [2.24, 2.45) is 0 Å². The predicted octanol–water partition coefficient (Wildman–Crippen LogP) is 1.05. The van der Waals surface area contributed by atoms with Crippen molar-refractivity contribution >= 4 is 5.91 Å². The van der Waals surface area contributed by atoms with Gasteiger partial charge in [0.05, 0.1) is 6.61 Å². The van der Waals surface area contributed by atoms with Crippen LogP contribution in [0.25, 0.3) is 0 Å². The molecule has 0 bridgehead atoms. The highest BCUT2D eigenvalue weighted by Gasteiger charge is 2.25. The molecule has 0 saturated heterocycles. The first kappa shape index (κ1) is 9.21. The van der Waals surface area contributed by atoms with Crippen molar-refractivity contribution in [3.05, 3.63) is 35.4 Å². The first-order chi connectivity index (χ1) is 6.83. The normalized spacial score (nSPS) is 19.9. The number of fused-ring (bicyclic) bond motifs is 1. The van der Waals surface area contributed by atoms with Gasteiger partial charge in [-0.15, -0.1) is 0 Å². The van der Waals surface area contributed by atoms with Gasteiger partial charge in [0, 0.05) is 7.05 Å². The lowest BCUT2D eigenvalue weighted by atomic mass is 9.97. The molecule has 0 aliphatic carbocycles. The summed E-state index contributed by atoms with van der Waals surface area (Å²) in [5, 5.41) is 2.61. The van der Waals surface area contributed by atoms with Gasteiger partial charge in [-0.05, 0) is 17.5 Å². The number of hydrogen-bond donors (Lipinski definition) is 1. The lowest BCUT2D eigenvalue weighted by Gasteiger charge is -2.24. The van der Waals surface area contributed by atoms with Crippen LogP contribution >= 0.6 is 0 Å². The molecule has 3 heteroatoms. The molecule has 0 saturated carbocycles. The zero-order valence-electron chi connectivity index (χ0n) is 8.12. The van der Waals surface area contributed by atoms with Gasteiger partial charge in [-0.2, -0.15) is 0 Å². The van der Waals surface area contributed by atoms with Gasteiger partial charge in [0.2, 0.25) is 0 Å². The van der Waals surface area contributed by atoms with Crippen molar-refractivity contribution in [1.29, 1.82) is 0 Å². The molecule has 2 rings (SSSR count). The van der Waals surface area contributed by atoms with Crippen LogP contribution < -0.4 is 5.32 Å². The average molecular weight is 191 g/mol. The Balaban J connectivity index is 2.35. The number of likely N-dealkylation sites (N-methyl/N-ethyl adjacent to an activating group) is 1. The largest absolute Gasteiger partial charge is 0.363 e. The van der Waals surface area contributed by atoms with E-state index in [-0.39, 0.29) is 5.91 Å². The Morgan fingerprint density at radius 2 is 2.29 bits per heavy atom. The highest BCUT2D eigenvalue weighted by Crippen LogP contribution is 2.26. The van der Waals surface area contributed by atoms with Crippen molar-refractivity contribution in [2.45, 2.75) is 12.5 Å². The summed E-state index contributed by atoms with van der Waals surface area (Å²) >= 11 is 0. The number of carbonyl (C=O) groups is 1. The summed E-state index contributed by atoms with van der Waals surface area (Å²) in [5.41, 5.74) is 2.21. The maximum atomic E-state index is 11.5. The molecular formula is C11H13NO2. The van der Waals surface area contributed by atoms with Gasteiger partial charge in [0.1, 0.15) is 0 Å². The molecule has 1 amide bonds. The number of hydrogen-bond acceptors (Lipinski definition) is 2. The van der Waals surface area contributed by atoms with Crippen LogP contribution in [-0.2, 0) is 16.0 Å². The Hall–Kier alpha value is -1.35. The third kappa shape index (κ3) is 1.51. The summed E-state index contributed by atoms with van der Waals surface area (Å²) in [6.45, 7) is 0.620. The van der Waals surface area contributed by atoms with Gasteiger partial charge in [0.25, 0.3) is 5.91 Å². The molecule has 0 fully saturated rings. The maximum Gasteiger partial charge on any atom is 0.253 e. The maximum absolute atomic E-state index is 11.5. The Bertz CT molecular complexity index is 349. The monoisotopic (exact) mass is 191 g/mol. The van der Waals surface area contributed by atoms with E-state index in [9.17, 15) is 4.79 Å². The Morgan fingerprint density at radius 3 is 3.07 bits per heavy atom. The van der Waals surface area contributed by atoms with E-state index in [0.717, 1.165) is 12.0 Å². The fraction of sp³-hybridized carbons (Fsp3) is 0.364. The van der Waals surface area contributed by atoms with Crippen LogP contribution in [0.3, 0.4) is 0 Å². The number of amides is 1. The summed E-state index contributed by atoms with van der Waals surface area (Å²) in [6.07, 6.45) is 0.467. The van der Waals surface area contributed by atoms with Gasteiger partial charge in [-0.1, -0.05) is 24.3 Å². The molecule has 1 aromatic rings. The van der Waals surface area contributed by atoms with Crippen LogP contribution in [0.4, 0.5) is 0 Å². The zero-order chi connectivity index (χ0) is 9.97. The third-order valence-corrected chi connectivity index (χ3v) is 2.48. The van der Waals surface area contributed by atoms with E-state index in [1.807, 2.05) is 24.3 Å². The molecular weight excluding hydrogens is 178 g/mol. The predicted molar refractivity (Wildman–Crippen MR) is 52.9 cm³/mol. The van der Waals surface area contributed by atoms with Crippen LogP contribution in [0, 0.1) is 0 Å². The molecule has 1 heterocycles. The molecule has 1 atom stereocenters. The summed E-state index contributed by atoms with van der Waals surface area (Å²) in [7, 11) is 1.63. The summed E-state index contributed by atoms with van der Waals surface area (Å²) in [5.74, 6) is -0.0721. The highest BCUT2D eigenvalue weighted by molar-refractivity contribution is 5.82. The van der Waals surface area contributed by atoms with E-state index in [4.69, 9.17) is 4.74 Å². The first-order valence-corrected chi connectivity index (χ1v) is 4.74. The van der Waals surface area contributed by atoms with Crippen LogP contribution in [0.5, 0.6) is 0 Å². The van der Waals surface area contributed by atoms with E-state index in [2.05, 4.69) is 5.32 Å². The first-order valence-electron chi connectivity index (χ1n) is 4.74. The molecule has 1 aromatic carbocycles. The molecule has 3 nitrogen and oxygen atoms in total. The van der Waals surface area contributed by atoms with E-state index in [0.29, 0.717) is 6.61 Å². The fourth-order valence-electron chi connectivity index (χ4n) is 1.74. The van der Waals surface area contributed by atoms with Crippen LogP contribution in [0.15, 0.2) is 24.3 Å². The quantitative estimate of drug-likeness (QED) is 0.720. The topological polar surface area (TPSA) is 38.3 Å². The molecule has 74 valence electrons. The smallest absolute Gasteiger partial charge is 0.253 e. The standard InChI is InChI=1S/C11H13NO2/c1-12-11(13)10-9-5-3-2-4-8(9)6-7-14-10/h2-5,10H,6-7H2,1H3,(H,12,13). The third-order valence-electron chi connectivity index (χ3n) is 2.48. The highest BCUT2D eigenvalue weighted by atomic mass is 16.5. The van der Waals surface area contributed by atoms with E-state index >= 15 is 0 Å². The molecule has 1 aliphatic rings. The zero-order valence-corrected chi connectivity index (χ0v) is 8.12. The molecule has 0 spiro atoms. The second kappa shape index (κ2) is 3.80. The number of ether oxygens (including phenoxy) is 1. The summed E-state index contributed by atoms with van der Waals surface area (Å²) in [4.78, 5) is 11.5. The molecule has 1 aliphatic heterocycles. The van der Waals surface area contributed by atoms with Crippen LogP contribution in [0.2, 0.25) is 0 Å². The van der Waals surface area contributed by atoms with Crippen molar-refractivity contribution < 1.29 is 9.53 Å². The minimum absolute atomic E-state index is 0.0721. The number of rotatable bonds is 1. The van der Waals surface area contributed by atoms with Gasteiger partial charge in [-0.3, -0.25) is 4.79 Å². The molecule has 0 aromatic heterocycles.